The van der Waals surface area contributed by atoms with E-state index in [4.69, 9.17) is 18.8 Å². The number of hydrogen-bond acceptors (Lipinski definition) is 7. The molecule has 1 amide bonds. The second kappa shape index (κ2) is 7.12. The number of hydrogen-bond donors (Lipinski definition) is 1. The molecule has 1 aromatic rings. The summed E-state index contributed by atoms with van der Waals surface area (Å²) in [5, 5.41) is 2.51. The highest BCUT2D eigenvalue weighted by molar-refractivity contribution is 6.63. The first kappa shape index (κ1) is 21.2. The number of carbonyl (C=O) groups is 2. The van der Waals surface area contributed by atoms with Gasteiger partial charge in [-0.2, -0.15) is 0 Å². The number of carbonyl (C=O) groups excluding carboxylic acids is 2. The van der Waals surface area contributed by atoms with Crippen LogP contribution in [0.4, 0.5) is 10.6 Å². The van der Waals surface area contributed by atoms with E-state index < -0.39 is 36.0 Å². The first-order chi connectivity index (χ1) is 12.3. The lowest BCUT2D eigenvalue weighted by Crippen LogP contribution is -2.41. The van der Waals surface area contributed by atoms with E-state index in [1.807, 2.05) is 27.7 Å². The molecule has 9 heteroatoms. The molecule has 27 heavy (non-hydrogen) atoms. The van der Waals surface area contributed by atoms with Gasteiger partial charge in [-0.1, -0.05) is 6.07 Å². The Bertz CT molecular complexity index is 726. The number of esters is 1. The number of rotatable bonds is 3. The molecule has 0 aromatic carbocycles. The van der Waals surface area contributed by atoms with Gasteiger partial charge in [0.15, 0.2) is 5.69 Å². The van der Waals surface area contributed by atoms with E-state index in [-0.39, 0.29) is 11.5 Å². The molecule has 2 heterocycles. The molecule has 1 aliphatic heterocycles. The minimum Gasteiger partial charge on any atom is -0.464 e. The summed E-state index contributed by atoms with van der Waals surface area (Å²) in [6.45, 7) is 12.9. The largest absolute Gasteiger partial charge is 0.497 e. The topological polar surface area (TPSA) is 96.0 Å². The molecule has 1 aliphatic rings. The summed E-state index contributed by atoms with van der Waals surface area (Å²) in [6, 6.07) is 3.17. The predicted molar refractivity (Wildman–Crippen MR) is 101 cm³/mol. The number of nitrogens with one attached hydrogen (secondary N) is 1. The SMILES string of the molecule is COC(=O)c1nc(NC(=O)OC(C)(C)C)ccc1B1OC(C)(C)C(C)(C)O1. The van der Waals surface area contributed by atoms with Crippen LogP contribution in [0.15, 0.2) is 12.1 Å². The van der Waals surface area contributed by atoms with Crippen molar-refractivity contribution in [2.45, 2.75) is 65.3 Å². The van der Waals surface area contributed by atoms with Crippen LogP contribution in [0.1, 0.15) is 59.0 Å². The van der Waals surface area contributed by atoms with Gasteiger partial charge in [-0.3, -0.25) is 5.32 Å². The fraction of sp³-hybridized carbons (Fsp3) is 0.611. The second-order valence-electron chi connectivity index (χ2n) is 8.34. The van der Waals surface area contributed by atoms with Crippen molar-refractivity contribution in [3.63, 3.8) is 0 Å². The number of pyridine rings is 1. The molecule has 0 spiro atoms. The van der Waals surface area contributed by atoms with Gasteiger partial charge >= 0.3 is 19.2 Å². The van der Waals surface area contributed by atoms with Crippen molar-refractivity contribution < 1.29 is 28.4 Å². The van der Waals surface area contributed by atoms with E-state index in [1.165, 1.54) is 7.11 Å². The number of amides is 1. The van der Waals surface area contributed by atoms with Crippen molar-refractivity contribution in [1.82, 2.24) is 4.98 Å². The molecule has 0 atom stereocenters. The first-order valence-corrected chi connectivity index (χ1v) is 8.71. The maximum Gasteiger partial charge on any atom is 0.497 e. The molecule has 0 radical (unpaired) electrons. The number of anilines is 1. The van der Waals surface area contributed by atoms with Crippen molar-refractivity contribution >= 4 is 30.5 Å². The minimum atomic E-state index is -0.785. The Morgan fingerprint density at radius 1 is 1.11 bits per heavy atom. The number of nitrogens with zero attached hydrogens (tertiary/aromatic N) is 1. The maximum absolute atomic E-state index is 12.2. The van der Waals surface area contributed by atoms with Crippen LogP contribution in [0.25, 0.3) is 0 Å². The Hall–Kier alpha value is -2.13. The fourth-order valence-electron chi connectivity index (χ4n) is 2.37. The summed E-state index contributed by atoms with van der Waals surface area (Å²) in [4.78, 5) is 28.4. The van der Waals surface area contributed by atoms with E-state index in [2.05, 4.69) is 10.3 Å². The molecule has 0 aliphatic carbocycles. The molecule has 0 unspecified atom stereocenters. The van der Waals surface area contributed by atoms with Crippen LogP contribution in [-0.4, -0.2) is 48.1 Å². The average Bonchev–Trinajstić information content (AvgIpc) is 2.72. The Morgan fingerprint density at radius 2 is 1.67 bits per heavy atom. The molecule has 0 bridgehead atoms. The Morgan fingerprint density at radius 3 is 2.15 bits per heavy atom. The minimum absolute atomic E-state index is 0.00422. The molecular weight excluding hydrogens is 351 g/mol. The maximum atomic E-state index is 12.2. The normalized spacial score (nSPS) is 18.1. The van der Waals surface area contributed by atoms with Crippen molar-refractivity contribution in [2.24, 2.45) is 0 Å². The molecule has 1 N–H and O–H groups in total. The molecule has 1 saturated heterocycles. The zero-order valence-corrected chi connectivity index (χ0v) is 17.1. The van der Waals surface area contributed by atoms with Crippen LogP contribution in [0.5, 0.6) is 0 Å². The molecule has 2 rings (SSSR count). The van der Waals surface area contributed by atoms with E-state index in [9.17, 15) is 9.59 Å². The summed E-state index contributed by atoms with van der Waals surface area (Å²) in [7, 11) is 0.471. The van der Waals surface area contributed by atoms with Gasteiger partial charge < -0.3 is 18.8 Å². The lowest BCUT2D eigenvalue weighted by molar-refractivity contribution is 0.00578. The number of aromatic nitrogens is 1. The third kappa shape index (κ3) is 4.78. The molecular formula is C18H27BN2O6. The third-order valence-electron chi connectivity index (χ3n) is 4.44. The molecule has 1 fully saturated rings. The Kier molecular flexibility index (Phi) is 5.59. The van der Waals surface area contributed by atoms with Gasteiger partial charge in [0.25, 0.3) is 0 Å². The molecule has 8 nitrogen and oxygen atoms in total. The second-order valence-corrected chi connectivity index (χ2v) is 8.34. The summed E-state index contributed by atoms with van der Waals surface area (Å²) >= 11 is 0. The van der Waals surface area contributed by atoms with Crippen LogP contribution in [0.2, 0.25) is 0 Å². The number of methoxy groups -OCH3 is 1. The standard InChI is InChI=1S/C18H27BN2O6/c1-16(2,3)25-15(23)21-12-10-9-11(13(20-12)14(22)24-8)19-26-17(4,5)18(6,7)27-19/h9-10H,1-8H3,(H,20,21,23). The van der Waals surface area contributed by atoms with Crippen molar-refractivity contribution in [3.05, 3.63) is 17.8 Å². The fourth-order valence-corrected chi connectivity index (χ4v) is 2.37. The monoisotopic (exact) mass is 378 g/mol. The summed E-state index contributed by atoms with van der Waals surface area (Å²) in [5.41, 5.74) is -1.37. The quantitative estimate of drug-likeness (QED) is 0.638. The van der Waals surface area contributed by atoms with Gasteiger partial charge in [0.1, 0.15) is 11.4 Å². The van der Waals surface area contributed by atoms with Gasteiger partial charge in [0, 0.05) is 5.46 Å². The highest BCUT2D eigenvalue weighted by Crippen LogP contribution is 2.36. The van der Waals surface area contributed by atoms with Gasteiger partial charge in [-0.15, -0.1) is 0 Å². The van der Waals surface area contributed by atoms with Crippen molar-refractivity contribution in [2.75, 3.05) is 12.4 Å². The van der Waals surface area contributed by atoms with Crippen LogP contribution in [0, 0.1) is 0 Å². The van der Waals surface area contributed by atoms with Crippen LogP contribution < -0.4 is 10.8 Å². The van der Waals surface area contributed by atoms with Crippen molar-refractivity contribution in [1.29, 1.82) is 0 Å². The van der Waals surface area contributed by atoms with E-state index in [0.29, 0.717) is 5.46 Å². The summed E-state index contributed by atoms with van der Waals surface area (Å²) in [6.07, 6.45) is -0.672. The van der Waals surface area contributed by atoms with E-state index >= 15 is 0 Å². The van der Waals surface area contributed by atoms with Crippen molar-refractivity contribution in [3.8, 4) is 0 Å². The van der Waals surface area contributed by atoms with E-state index in [0.717, 1.165) is 0 Å². The number of ether oxygens (including phenoxy) is 2. The van der Waals surface area contributed by atoms with Gasteiger partial charge in [-0.05, 0) is 54.5 Å². The lowest BCUT2D eigenvalue weighted by Gasteiger charge is -2.32. The molecule has 1 aromatic heterocycles. The Balaban J connectivity index is 2.32. The van der Waals surface area contributed by atoms with Gasteiger partial charge in [0.05, 0.1) is 18.3 Å². The van der Waals surface area contributed by atoms with Gasteiger partial charge in [-0.25, -0.2) is 14.6 Å². The lowest BCUT2D eigenvalue weighted by atomic mass is 9.77. The third-order valence-corrected chi connectivity index (χ3v) is 4.44. The van der Waals surface area contributed by atoms with Crippen LogP contribution in [0.3, 0.4) is 0 Å². The summed E-state index contributed by atoms with van der Waals surface area (Å²) < 4.78 is 22.0. The van der Waals surface area contributed by atoms with E-state index in [1.54, 1.807) is 32.9 Å². The zero-order valence-electron chi connectivity index (χ0n) is 17.1. The Labute approximate surface area is 160 Å². The van der Waals surface area contributed by atoms with Crippen LogP contribution >= 0.6 is 0 Å². The predicted octanol–water partition coefficient (Wildman–Crippen LogP) is 2.51. The van der Waals surface area contributed by atoms with Crippen LogP contribution in [-0.2, 0) is 18.8 Å². The summed E-state index contributed by atoms with van der Waals surface area (Å²) in [5.74, 6) is -0.502. The highest BCUT2D eigenvalue weighted by Gasteiger charge is 2.52. The highest BCUT2D eigenvalue weighted by atomic mass is 16.7. The zero-order chi connectivity index (χ0) is 20.6. The first-order valence-electron chi connectivity index (χ1n) is 8.71. The smallest absolute Gasteiger partial charge is 0.464 e. The average molecular weight is 378 g/mol. The molecule has 148 valence electrons. The van der Waals surface area contributed by atoms with Gasteiger partial charge in [0.2, 0.25) is 0 Å². The molecule has 0 saturated carbocycles.